The van der Waals surface area contributed by atoms with E-state index >= 15 is 0 Å². The van der Waals surface area contributed by atoms with Crippen LogP contribution in [-0.2, 0) is 24.2 Å². The van der Waals surface area contributed by atoms with E-state index in [0.717, 1.165) is 23.5 Å². The Bertz CT molecular complexity index is 612. The molecule has 112 valence electrons. The van der Waals surface area contributed by atoms with Gasteiger partial charge in [0.25, 0.3) is 5.91 Å². The number of nitrogens with zero attached hydrogens (tertiary/aromatic N) is 2. The van der Waals surface area contributed by atoms with Gasteiger partial charge in [-0.05, 0) is 25.7 Å². The lowest BCUT2D eigenvalue weighted by atomic mass is 10.2. The highest BCUT2D eigenvalue weighted by molar-refractivity contribution is 7.16. The SMILES string of the molecule is COCc1nc(C(=O)Nc2nc3c(s2)CCCCC3)cs1. The molecule has 0 radical (unpaired) electrons. The first-order valence-electron chi connectivity index (χ1n) is 6.99. The zero-order valence-electron chi connectivity index (χ0n) is 11.8. The van der Waals surface area contributed by atoms with Gasteiger partial charge in [0, 0.05) is 17.4 Å². The largest absolute Gasteiger partial charge is 0.378 e. The van der Waals surface area contributed by atoms with E-state index in [9.17, 15) is 4.79 Å². The molecule has 0 aliphatic heterocycles. The molecule has 1 aliphatic carbocycles. The first kappa shape index (κ1) is 14.6. The van der Waals surface area contributed by atoms with Gasteiger partial charge < -0.3 is 4.74 Å². The van der Waals surface area contributed by atoms with Crippen LogP contribution in [0.2, 0.25) is 0 Å². The maximum absolute atomic E-state index is 12.2. The minimum absolute atomic E-state index is 0.197. The van der Waals surface area contributed by atoms with Crippen molar-refractivity contribution in [3.63, 3.8) is 0 Å². The Morgan fingerprint density at radius 2 is 2.19 bits per heavy atom. The van der Waals surface area contributed by atoms with E-state index in [4.69, 9.17) is 4.74 Å². The van der Waals surface area contributed by atoms with Crippen LogP contribution in [0.3, 0.4) is 0 Å². The van der Waals surface area contributed by atoms with E-state index in [0.29, 0.717) is 17.4 Å². The third-order valence-electron chi connectivity index (χ3n) is 3.37. The summed E-state index contributed by atoms with van der Waals surface area (Å²) in [5.41, 5.74) is 1.59. The minimum Gasteiger partial charge on any atom is -0.378 e. The van der Waals surface area contributed by atoms with E-state index in [2.05, 4.69) is 15.3 Å². The number of aryl methyl sites for hydroxylation is 2. The van der Waals surface area contributed by atoms with Gasteiger partial charge in [0.2, 0.25) is 0 Å². The summed E-state index contributed by atoms with van der Waals surface area (Å²) in [7, 11) is 1.61. The summed E-state index contributed by atoms with van der Waals surface area (Å²) in [6.45, 7) is 0.434. The molecule has 0 spiro atoms. The van der Waals surface area contributed by atoms with Crippen LogP contribution in [0.4, 0.5) is 5.13 Å². The highest BCUT2D eigenvalue weighted by atomic mass is 32.1. The van der Waals surface area contributed by atoms with Crippen LogP contribution >= 0.6 is 22.7 Å². The molecule has 2 aromatic heterocycles. The van der Waals surface area contributed by atoms with E-state index < -0.39 is 0 Å². The van der Waals surface area contributed by atoms with E-state index in [1.807, 2.05) is 0 Å². The number of rotatable bonds is 4. The van der Waals surface area contributed by atoms with Gasteiger partial charge in [-0.1, -0.05) is 6.42 Å². The highest BCUT2D eigenvalue weighted by Crippen LogP contribution is 2.29. The number of carbonyl (C=O) groups is 1. The van der Waals surface area contributed by atoms with Crippen molar-refractivity contribution in [3.8, 4) is 0 Å². The molecule has 0 saturated carbocycles. The zero-order chi connectivity index (χ0) is 14.7. The maximum Gasteiger partial charge on any atom is 0.276 e. The molecule has 3 rings (SSSR count). The molecule has 0 fully saturated rings. The third-order valence-corrected chi connectivity index (χ3v) is 5.26. The van der Waals surface area contributed by atoms with Crippen molar-refractivity contribution in [1.29, 1.82) is 0 Å². The molecule has 0 bridgehead atoms. The monoisotopic (exact) mass is 323 g/mol. The van der Waals surface area contributed by atoms with Gasteiger partial charge in [0.15, 0.2) is 5.13 Å². The van der Waals surface area contributed by atoms with E-state index in [1.165, 1.54) is 35.5 Å². The second-order valence-electron chi connectivity index (χ2n) is 4.96. The number of aromatic nitrogens is 2. The van der Waals surface area contributed by atoms with E-state index in [1.54, 1.807) is 23.8 Å². The Balaban J connectivity index is 1.69. The van der Waals surface area contributed by atoms with Crippen molar-refractivity contribution in [2.45, 2.75) is 38.7 Å². The summed E-state index contributed by atoms with van der Waals surface area (Å²) in [4.78, 5) is 22.3. The van der Waals surface area contributed by atoms with Crippen LogP contribution in [0.1, 0.15) is 45.3 Å². The molecular weight excluding hydrogens is 306 g/mol. The van der Waals surface area contributed by atoms with E-state index in [-0.39, 0.29) is 5.91 Å². The molecular formula is C14H17N3O2S2. The quantitative estimate of drug-likeness (QED) is 0.877. The van der Waals surface area contributed by atoms with Gasteiger partial charge >= 0.3 is 0 Å². The van der Waals surface area contributed by atoms with Crippen LogP contribution in [0.25, 0.3) is 0 Å². The molecule has 1 N–H and O–H groups in total. The van der Waals surface area contributed by atoms with Gasteiger partial charge in [-0.3, -0.25) is 10.1 Å². The van der Waals surface area contributed by atoms with Gasteiger partial charge in [0.05, 0.1) is 12.3 Å². The first-order chi connectivity index (χ1) is 10.3. The smallest absolute Gasteiger partial charge is 0.276 e. The average Bonchev–Trinajstić information content (AvgIpc) is 3.02. The molecule has 7 heteroatoms. The van der Waals surface area contributed by atoms with Gasteiger partial charge in [-0.15, -0.1) is 22.7 Å². The van der Waals surface area contributed by atoms with Gasteiger partial charge in [0.1, 0.15) is 10.7 Å². The number of anilines is 1. The standard InChI is InChI=1S/C14H17N3O2S2/c1-19-7-12-15-10(8-20-12)13(18)17-14-16-9-5-3-2-4-6-11(9)21-14/h8H,2-7H2,1H3,(H,16,17,18). The summed E-state index contributed by atoms with van der Waals surface area (Å²) in [6.07, 6.45) is 5.78. The molecule has 1 aliphatic rings. The Morgan fingerprint density at radius 1 is 1.33 bits per heavy atom. The fourth-order valence-corrected chi connectivity index (χ4v) is 4.14. The van der Waals surface area contributed by atoms with Crippen LogP contribution in [-0.4, -0.2) is 23.0 Å². The third kappa shape index (κ3) is 3.48. The number of methoxy groups -OCH3 is 1. The van der Waals surface area contributed by atoms with Gasteiger partial charge in [-0.25, -0.2) is 9.97 Å². The number of nitrogens with one attached hydrogen (secondary N) is 1. The second-order valence-corrected chi connectivity index (χ2v) is 6.99. The minimum atomic E-state index is -0.197. The Labute approximate surface area is 131 Å². The molecule has 2 heterocycles. The van der Waals surface area contributed by atoms with Crippen LogP contribution in [0.15, 0.2) is 5.38 Å². The second kappa shape index (κ2) is 6.64. The van der Waals surface area contributed by atoms with Crippen molar-refractivity contribution < 1.29 is 9.53 Å². The van der Waals surface area contributed by atoms with Crippen molar-refractivity contribution in [2.75, 3.05) is 12.4 Å². The lowest BCUT2D eigenvalue weighted by molar-refractivity contribution is 0.102. The van der Waals surface area contributed by atoms with Crippen LogP contribution in [0, 0.1) is 0 Å². The summed E-state index contributed by atoms with van der Waals surface area (Å²) in [6, 6.07) is 0. The molecule has 5 nitrogen and oxygen atoms in total. The zero-order valence-corrected chi connectivity index (χ0v) is 13.5. The van der Waals surface area contributed by atoms with Crippen molar-refractivity contribution in [1.82, 2.24) is 9.97 Å². The number of amides is 1. The van der Waals surface area contributed by atoms with Gasteiger partial charge in [-0.2, -0.15) is 0 Å². The van der Waals surface area contributed by atoms with Crippen molar-refractivity contribution in [2.24, 2.45) is 0 Å². The molecule has 0 saturated heterocycles. The topological polar surface area (TPSA) is 64.1 Å². The summed E-state index contributed by atoms with van der Waals surface area (Å²) < 4.78 is 5.01. The Kier molecular flexibility index (Phi) is 4.62. The number of thiazole rings is 2. The molecule has 0 unspecified atom stereocenters. The summed E-state index contributed by atoms with van der Waals surface area (Å²) in [5.74, 6) is -0.197. The normalized spacial score (nSPS) is 14.5. The fourth-order valence-electron chi connectivity index (χ4n) is 2.35. The number of hydrogen-bond acceptors (Lipinski definition) is 6. The lowest BCUT2D eigenvalue weighted by Gasteiger charge is -1.98. The van der Waals surface area contributed by atoms with Crippen LogP contribution in [0.5, 0.6) is 0 Å². The molecule has 21 heavy (non-hydrogen) atoms. The Morgan fingerprint density at radius 3 is 3.05 bits per heavy atom. The average molecular weight is 323 g/mol. The molecule has 0 atom stereocenters. The van der Waals surface area contributed by atoms with Crippen molar-refractivity contribution in [3.05, 3.63) is 26.7 Å². The van der Waals surface area contributed by atoms with Crippen LogP contribution < -0.4 is 5.32 Å². The maximum atomic E-state index is 12.2. The number of hydrogen-bond donors (Lipinski definition) is 1. The Hall–Kier alpha value is -1.31. The number of fused-ring (bicyclic) bond motifs is 1. The summed E-state index contributed by atoms with van der Waals surface area (Å²) in [5, 5.41) is 6.11. The molecule has 2 aromatic rings. The molecule has 1 amide bonds. The fraction of sp³-hybridized carbons (Fsp3) is 0.500. The number of carbonyl (C=O) groups excluding carboxylic acids is 1. The predicted molar refractivity (Wildman–Crippen MR) is 84.2 cm³/mol. The highest BCUT2D eigenvalue weighted by Gasteiger charge is 2.17. The van der Waals surface area contributed by atoms with Crippen molar-refractivity contribution >= 4 is 33.7 Å². The molecule has 0 aromatic carbocycles. The predicted octanol–water partition coefficient (Wildman–Crippen LogP) is 3.27. The first-order valence-corrected chi connectivity index (χ1v) is 8.69. The number of ether oxygens (including phenoxy) is 1. The summed E-state index contributed by atoms with van der Waals surface area (Å²) >= 11 is 3.03. The lowest BCUT2D eigenvalue weighted by Crippen LogP contribution is -2.12.